The van der Waals surface area contributed by atoms with Crippen LogP contribution in [0.15, 0.2) is 57.4 Å². The van der Waals surface area contributed by atoms with Crippen LogP contribution >= 0.6 is 11.3 Å². The third kappa shape index (κ3) is 3.08. The Balaban J connectivity index is 1.80. The molecule has 0 aliphatic carbocycles. The van der Waals surface area contributed by atoms with Gasteiger partial charge in [-0.15, -0.1) is 11.3 Å². The van der Waals surface area contributed by atoms with Gasteiger partial charge in [-0.2, -0.15) is 5.10 Å². The van der Waals surface area contributed by atoms with E-state index in [9.17, 15) is 14.4 Å². The fourth-order valence-corrected chi connectivity index (χ4v) is 3.68. The molecule has 0 aliphatic heterocycles. The van der Waals surface area contributed by atoms with E-state index in [-0.39, 0.29) is 6.54 Å². The number of para-hydroxylation sites is 1. The Labute approximate surface area is 156 Å². The Kier molecular flexibility index (Phi) is 4.21. The summed E-state index contributed by atoms with van der Waals surface area (Å²) >= 11 is 1.24. The lowest BCUT2D eigenvalue weighted by atomic mass is 10.3. The maximum Gasteiger partial charge on any atom is 0.336 e. The Hall–Kier alpha value is -3.46. The highest BCUT2D eigenvalue weighted by Crippen LogP contribution is 2.16. The minimum Gasteiger partial charge on any atom is -0.308 e. The second-order valence-corrected chi connectivity index (χ2v) is 6.88. The van der Waals surface area contributed by atoms with Crippen molar-refractivity contribution in [2.75, 3.05) is 5.32 Å². The van der Waals surface area contributed by atoms with E-state index in [4.69, 9.17) is 0 Å². The molecule has 0 saturated carbocycles. The van der Waals surface area contributed by atoms with Gasteiger partial charge >= 0.3 is 5.69 Å². The van der Waals surface area contributed by atoms with Gasteiger partial charge in [-0.25, -0.2) is 9.36 Å². The van der Waals surface area contributed by atoms with Crippen LogP contribution in [0.25, 0.3) is 15.9 Å². The number of amides is 1. The average molecular weight is 381 g/mol. The summed E-state index contributed by atoms with van der Waals surface area (Å²) in [6.07, 6.45) is 0. The van der Waals surface area contributed by atoms with Gasteiger partial charge in [0.05, 0.1) is 11.2 Å². The molecule has 8 nitrogen and oxygen atoms in total. The topological polar surface area (TPSA) is 102 Å². The summed E-state index contributed by atoms with van der Waals surface area (Å²) in [6, 6.07) is 12.0. The summed E-state index contributed by atoms with van der Waals surface area (Å²) in [5.41, 5.74) is 0.747. The minimum atomic E-state index is -0.564. The zero-order valence-corrected chi connectivity index (χ0v) is 15.1. The molecule has 4 rings (SSSR count). The van der Waals surface area contributed by atoms with Crippen molar-refractivity contribution in [3.05, 3.63) is 74.4 Å². The van der Waals surface area contributed by atoms with E-state index < -0.39 is 17.2 Å². The molecule has 4 aromatic rings. The molecule has 136 valence electrons. The number of nitrogens with zero attached hydrogens (tertiary/aromatic N) is 3. The normalized spacial score (nSPS) is 11.0. The van der Waals surface area contributed by atoms with E-state index >= 15 is 0 Å². The molecule has 0 saturated heterocycles. The van der Waals surface area contributed by atoms with Crippen molar-refractivity contribution in [1.82, 2.24) is 19.3 Å². The first kappa shape index (κ1) is 17.0. The van der Waals surface area contributed by atoms with Crippen molar-refractivity contribution >= 4 is 33.3 Å². The van der Waals surface area contributed by atoms with Gasteiger partial charge < -0.3 is 5.32 Å². The van der Waals surface area contributed by atoms with Crippen molar-refractivity contribution in [3.63, 3.8) is 0 Å². The first-order chi connectivity index (χ1) is 13.0. The van der Waals surface area contributed by atoms with Crippen molar-refractivity contribution < 1.29 is 4.79 Å². The van der Waals surface area contributed by atoms with E-state index in [1.807, 2.05) is 6.92 Å². The smallest absolute Gasteiger partial charge is 0.308 e. The summed E-state index contributed by atoms with van der Waals surface area (Å²) in [4.78, 5) is 38.2. The van der Waals surface area contributed by atoms with Crippen LogP contribution in [0.4, 0.5) is 5.82 Å². The van der Waals surface area contributed by atoms with Crippen molar-refractivity contribution in [2.45, 2.75) is 13.5 Å². The van der Waals surface area contributed by atoms with E-state index in [0.717, 1.165) is 10.3 Å². The van der Waals surface area contributed by atoms with Gasteiger partial charge in [0.15, 0.2) is 5.82 Å². The molecule has 0 atom stereocenters. The maximum absolute atomic E-state index is 13.0. The van der Waals surface area contributed by atoms with Crippen LogP contribution in [0.1, 0.15) is 5.69 Å². The molecule has 3 aromatic heterocycles. The fraction of sp³-hybridized carbons (Fsp3) is 0.111. The number of H-pyrrole nitrogens is 1. The zero-order valence-electron chi connectivity index (χ0n) is 14.3. The number of anilines is 1. The molecular weight excluding hydrogens is 366 g/mol. The zero-order chi connectivity index (χ0) is 19.0. The standard InChI is InChI=1S/C18H15N5O3S/c1-11-9-14(21-20-11)19-15(24)10-22-13-7-8-27-16(13)17(25)23(18(22)26)12-5-3-2-4-6-12/h2-9H,10H2,1H3,(H2,19,20,21,24). The molecule has 1 amide bonds. The summed E-state index contributed by atoms with van der Waals surface area (Å²) in [7, 11) is 0. The number of thiophene rings is 1. The number of fused-ring (bicyclic) bond motifs is 1. The molecule has 0 spiro atoms. The van der Waals surface area contributed by atoms with Crippen LogP contribution < -0.4 is 16.6 Å². The predicted molar refractivity (Wildman–Crippen MR) is 104 cm³/mol. The van der Waals surface area contributed by atoms with Crippen molar-refractivity contribution in [3.8, 4) is 5.69 Å². The van der Waals surface area contributed by atoms with Crippen LogP contribution in [-0.4, -0.2) is 25.2 Å². The van der Waals surface area contributed by atoms with Crippen LogP contribution in [0.5, 0.6) is 0 Å². The van der Waals surface area contributed by atoms with E-state index in [0.29, 0.717) is 21.7 Å². The molecule has 1 aromatic carbocycles. The number of benzene rings is 1. The Morgan fingerprint density at radius 3 is 2.70 bits per heavy atom. The largest absolute Gasteiger partial charge is 0.336 e. The van der Waals surface area contributed by atoms with Gasteiger partial charge in [-0.1, -0.05) is 18.2 Å². The summed E-state index contributed by atoms with van der Waals surface area (Å²) in [5, 5.41) is 11.1. The fourth-order valence-electron chi connectivity index (χ4n) is 2.85. The molecule has 9 heteroatoms. The Morgan fingerprint density at radius 1 is 1.22 bits per heavy atom. The van der Waals surface area contributed by atoms with Crippen molar-refractivity contribution in [1.29, 1.82) is 0 Å². The first-order valence-corrected chi connectivity index (χ1v) is 9.03. The molecule has 27 heavy (non-hydrogen) atoms. The molecule has 0 radical (unpaired) electrons. The lowest BCUT2D eigenvalue weighted by Crippen LogP contribution is -2.40. The van der Waals surface area contributed by atoms with E-state index in [1.165, 1.54) is 15.9 Å². The van der Waals surface area contributed by atoms with Crippen LogP contribution in [0.2, 0.25) is 0 Å². The SMILES string of the molecule is Cc1cc(NC(=O)Cn2c(=O)n(-c3ccccc3)c(=O)c3sccc32)n[nH]1. The third-order valence-corrected chi connectivity index (χ3v) is 4.94. The number of nitrogens with one attached hydrogen (secondary N) is 2. The van der Waals surface area contributed by atoms with Gasteiger partial charge in [0.25, 0.3) is 5.56 Å². The Morgan fingerprint density at radius 2 is 2.00 bits per heavy atom. The van der Waals surface area contributed by atoms with E-state index in [2.05, 4.69) is 15.5 Å². The second kappa shape index (κ2) is 6.69. The summed E-state index contributed by atoms with van der Waals surface area (Å²) in [5.74, 6) is -0.0298. The number of hydrogen-bond donors (Lipinski definition) is 2. The molecule has 2 N–H and O–H groups in total. The average Bonchev–Trinajstić information content (AvgIpc) is 3.29. The van der Waals surface area contributed by atoms with Crippen LogP contribution in [-0.2, 0) is 11.3 Å². The second-order valence-electron chi connectivity index (χ2n) is 5.96. The molecule has 0 aliphatic rings. The number of aromatic nitrogens is 4. The quantitative estimate of drug-likeness (QED) is 0.563. The predicted octanol–water partition coefficient (Wildman–Crippen LogP) is 1.88. The Bertz CT molecular complexity index is 1250. The van der Waals surface area contributed by atoms with Gasteiger partial charge in [0.2, 0.25) is 5.91 Å². The number of carbonyl (C=O) groups is 1. The molecule has 0 unspecified atom stereocenters. The lowest BCUT2D eigenvalue weighted by Gasteiger charge is -2.11. The molecule has 0 bridgehead atoms. The maximum atomic E-state index is 13.0. The number of carbonyl (C=O) groups excluding carboxylic acids is 1. The molecule has 3 heterocycles. The van der Waals surface area contributed by atoms with E-state index in [1.54, 1.807) is 47.8 Å². The minimum absolute atomic E-state index is 0.231. The third-order valence-electron chi connectivity index (χ3n) is 4.04. The van der Waals surface area contributed by atoms with Gasteiger partial charge in [-0.05, 0) is 30.5 Å². The number of aromatic amines is 1. The monoisotopic (exact) mass is 381 g/mol. The first-order valence-electron chi connectivity index (χ1n) is 8.15. The highest BCUT2D eigenvalue weighted by Gasteiger charge is 2.17. The summed E-state index contributed by atoms with van der Waals surface area (Å²) in [6.45, 7) is 1.59. The number of rotatable bonds is 4. The van der Waals surface area contributed by atoms with Crippen molar-refractivity contribution in [2.24, 2.45) is 0 Å². The van der Waals surface area contributed by atoms with Gasteiger partial charge in [-0.3, -0.25) is 19.3 Å². The number of hydrogen-bond acceptors (Lipinski definition) is 5. The molecular formula is C18H15N5O3S. The van der Waals surface area contributed by atoms with Gasteiger partial charge in [0, 0.05) is 11.8 Å². The highest BCUT2D eigenvalue weighted by molar-refractivity contribution is 7.17. The van der Waals surface area contributed by atoms with Crippen LogP contribution in [0, 0.1) is 6.92 Å². The number of aryl methyl sites for hydroxylation is 1. The van der Waals surface area contributed by atoms with Crippen LogP contribution in [0.3, 0.4) is 0 Å². The highest BCUT2D eigenvalue weighted by atomic mass is 32.1. The lowest BCUT2D eigenvalue weighted by molar-refractivity contribution is -0.116. The summed E-state index contributed by atoms with van der Waals surface area (Å²) < 4.78 is 2.81. The molecule has 0 fully saturated rings. The van der Waals surface area contributed by atoms with Gasteiger partial charge in [0.1, 0.15) is 11.2 Å².